The van der Waals surface area contributed by atoms with Gasteiger partial charge in [-0.1, -0.05) is 0 Å². The molecular weight excluding hydrogens is 258 g/mol. The van der Waals surface area contributed by atoms with Crippen LogP contribution in [-0.4, -0.2) is 49.8 Å². The molecule has 1 atom stereocenters. The number of aldehydes is 1. The van der Waals surface area contributed by atoms with Crippen molar-refractivity contribution in [2.75, 3.05) is 24.2 Å². The second kappa shape index (κ2) is 5.94. The first kappa shape index (κ1) is 14.6. The fourth-order valence-electron chi connectivity index (χ4n) is 1.52. The van der Waals surface area contributed by atoms with Crippen molar-refractivity contribution in [1.82, 2.24) is 0 Å². The van der Waals surface area contributed by atoms with Crippen molar-refractivity contribution in [2.24, 2.45) is 0 Å². The highest BCUT2D eigenvalue weighted by atomic mass is 32.2. The van der Waals surface area contributed by atoms with Gasteiger partial charge in [0.2, 0.25) is 0 Å². The molecule has 0 aromatic heterocycles. The van der Waals surface area contributed by atoms with E-state index in [9.17, 15) is 18.3 Å². The summed E-state index contributed by atoms with van der Waals surface area (Å²) in [6.07, 6.45) is -0.465. The second-order valence-electron chi connectivity index (χ2n) is 3.99. The van der Waals surface area contributed by atoms with Crippen molar-refractivity contribution in [3.05, 3.63) is 29.8 Å². The highest BCUT2D eigenvalue weighted by Crippen LogP contribution is 2.13. The highest BCUT2D eigenvalue weighted by molar-refractivity contribution is 7.85. The molecule has 0 amide bonds. The van der Waals surface area contributed by atoms with Gasteiger partial charge in [0.25, 0.3) is 10.1 Å². The molecule has 18 heavy (non-hydrogen) atoms. The minimum Gasteiger partial charge on any atom is -0.390 e. The van der Waals surface area contributed by atoms with E-state index in [0.717, 1.165) is 12.0 Å². The average molecular weight is 273 g/mol. The van der Waals surface area contributed by atoms with Crippen LogP contribution in [0.1, 0.15) is 10.4 Å². The van der Waals surface area contributed by atoms with Gasteiger partial charge in [-0.2, -0.15) is 8.42 Å². The van der Waals surface area contributed by atoms with Crippen LogP contribution in [0.25, 0.3) is 0 Å². The molecule has 0 radical (unpaired) electrons. The Hall–Kier alpha value is -1.44. The fraction of sp³-hybridized carbons (Fsp3) is 0.364. The minimum atomic E-state index is -4.18. The predicted octanol–water partition coefficient (Wildman–Crippen LogP) is 0.184. The molecule has 0 aliphatic heterocycles. The molecule has 1 aromatic carbocycles. The third-order valence-electron chi connectivity index (χ3n) is 2.36. The van der Waals surface area contributed by atoms with Crippen molar-refractivity contribution < 1.29 is 22.9 Å². The number of likely N-dealkylation sites (N-methyl/N-ethyl adjacent to an activating group) is 1. The van der Waals surface area contributed by atoms with Crippen molar-refractivity contribution in [3.8, 4) is 0 Å². The smallest absolute Gasteiger partial charge is 0.267 e. The van der Waals surface area contributed by atoms with Crippen molar-refractivity contribution >= 4 is 22.1 Å². The summed E-state index contributed by atoms with van der Waals surface area (Å²) < 4.78 is 29.8. The van der Waals surface area contributed by atoms with Gasteiger partial charge in [0.15, 0.2) is 0 Å². The van der Waals surface area contributed by atoms with Crippen molar-refractivity contribution in [3.63, 3.8) is 0 Å². The maximum Gasteiger partial charge on any atom is 0.267 e. The normalized spacial score (nSPS) is 13.1. The molecule has 1 rings (SSSR count). The number of hydrogen-bond donors (Lipinski definition) is 2. The summed E-state index contributed by atoms with van der Waals surface area (Å²) in [6.45, 7) is 0.0558. The van der Waals surface area contributed by atoms with Gasteiger partial charge < -0.3 is 10.0 Å². The van der Waals surface area contributed by atoms with Gasteiger partial charge in [-0.3, -0.25) is 9.35 Å². The monoisotopic (exact) mass is 273 g/mol. The zero-order valence-electron chi connectivity index (χ0n) is 9.85. The van der Waals surface area contributed by atoms with Crippen LogP contribution in [0.3, 0.4) is 0 Å². The van der Waals surface area contributed by atoms with Gasteiger partial charge in [-0.05, 0) is 24.3 Å². The SMILES string of the molecule is CN(CC(O)CS(=O)(=O)O)c1ccc(C=O)cc1. The van der Waals surface area contributed by atoms with E-state index >= 15 is 0 Å². The third kappa shape index (κ3) is 4.82. The summed E-state index contributed by atoms with van der Waals surface area (Å²) >= 11 is 0. The van der Waals surface area contributed by atoms with Gasteiger partial charge in [0, 0.05) is 24.8 Å². The highest BCUT2D eigenvalue weighted by Gasteiger charge is 2.16. The van der Waals surface area contributed by atoms with Crippen LogP contribution >= 0.6 is 0 Å². The number of aliphatic hydroxyl groups excluding tert-OH is 1. The van der Waals surface area contributed by atoms with Crippen LogP contribution in [0.5, 0.6) is 0 Å². The van der Waals surface area contributed by atoms with E-state index in [1.54, 1.807) is 36.2 Å². The standard InChI is InChI=1S/C11H15NO5S/c1-12(6-11(14)8-18(15,16)17)10-4-2-9(7-13)3-5-10/h2-5,7,11,14H,6,8H2,1H3,(H,15,16,17). The number of hydrogen-bond acceptors (Lipinski definition) is 5. The Morgan fingerprint density at radius 2 is 1.89 bits per heavy atom. The van der Waals surface area contributed by atoms with Crippen LogP contribution in [0, 0.1) is 0 Å². The topological polar surface area (TPSA) is 94.9 Å². The molecule has 0 fully saturated rings. The summed E-state index contributed by atoms with van der Waals surface area (Å²) in [5, 5.41) is 9.48. The van der Waals surface area contributed by atoms with Gasteiger partial charge in [-0.25, -0.2) is 0 Å². The van der Waals surface area contributed by atoms with E-state index in [1.807, 2.05) is 0 Å². The van der Waals surface area contributed by atoms with E-state index in [2.05, 4.69) is 0 Å². The summed E-state index contributed by atoms with van der Waals surface area (Å²) in [5.41, 5.74) is 1.26. The van der Waals surface area contributed by atoms with Gasteiger partial charge in [0.05, 0.1) is 6.10 Å². The molecule has 0 spiro atoms. The Morgan fingerprint density at radius 3 is 2.33 bits per heavy atom. The van der Waals surface area contributed by atoms with Crippen LogP contribution in [0.15, 0.2) is 24.3 Å². The molecule has 2 N–H and O–H groups in total. The Bertz CT molecular complexity index is 497. The Balaban J connectivity index is 2.64. The summed E-state index contributed by atoms with van der Waals surface area (Å²) in [7, 11) is -2.52. The molecular formula is C11H15NO5S. The molecule has 0 aliphatic rings. The molecule has 0 bridgehead atoms. The maximum atomic E-state index is 10.6. The molecule has 0 heterocycles. The van der Waals surface area contributed by atoms with E-state index in [0.29, 0.717) is 5.56 Å². The van der Waals surface area contributed by atoms with Gasteiger partial charge in [-0.15, -0.1) is 0 Å². The van der Waals surface area contributed by atoms with Crippen molar-refractivity contribution in [2.45, 2.75) is 6.10 Å². The Labute approximate surface area is 106 Å². The third-order valence-corrected chi connectivity index (χ3v) is 3.16. The quantitative estimate of drug-likeness (QED) is 0.567. The van der Waals surface area contributed by atoms with Gasteiger partial charge >= 0.3 is 0 Å². The summed E-state index contributed by atoms with van der Waals surface area (Å²) in [5.74, 6) is -0.705. The summed E-state index contributed by atoms with van der Waals surface area (Å²) in [4.78, 5) is 12.1. The number of carbonyl (C=O) groups is 1. The number of aliphatic hydroxyl groups is 1. The van der Waals surface area contributed by atoms with E-state index in [1.165, 1.54) is 0 Å². The first-order chi connectivity index (χ1) is 8.31. The van der Waals surface area contributed by atoms with Gasteiger partial charge in [0.1, 0.15) is 12.0 Å². The second-order valence-corrected chi connectivity index (χ2v) is 5.49. The predicted molar refractivity (Wildman–Crippen MR) is 67.5 cm³/mol. The maximum absolute atomic E-state index is 10.6. The van der Waals surface area contributed by atoms with Crippen LogP contribution in [0.2, 0.25) is 0 Å². The number of nitrogens with zero attached hydrogens (tertiary/aromatic N) is 1. The number of anilines is 1. The number of benzene rings is 1. The summed E-state index contributed by atoms with van der Waals surface area (Å²) in [6, 6.07) is 6.61. The van der Waals surface area contributed by atoms with Crippen LogP contribution < -0.4 is 4.90 Å². The molecule has 100 valence electrons. The zero-order chi connectivity index (χ0) is 13.8. The average Bonchev–Trinajstić information content (AvgIpc) is 2.26. The molecule has 0 saturated heterocycles. The Morgan fingerprint density at radius 1 is 1.33 bits per heavy atom. The lowest BCUT2D eigenvalue weighted by Crippen LogP contribution is -2.33. The molecule has 0 saturated carbocycles. The molecule has 7 heteroatoms. The fourth-order valence-corrected chi connectivity index (χ4v) is 2.12. The van der Waals surface area contributed by atoms with Crippen LogP contribution in [-0.2, 0) is 10.1 Å². The minimum absolute atomic E-state index is 0.0558. The Kier molecular flexibility index (Phi) is 4.83. The molecule has 1 aromatic rings. The van der Waals surface area contributed by atoms with Crippen molar-refractivity contribution in [1.29, 1.82) is 0 Å². The number of carbonyl (C=O) groups excluding carboxylic acids is 1. The van der Waals surface area contributed by atoms with E-state index in [-0.39, 0.29) is 6.54 Å². The largest absolute Gasteiger partial charge is 0.390 e. The van der Waals surface area contributed by atoms with E-state index in [4.69, 9.17) is 4.55 Å². The first-order valence-electron chi connectivity index (χ1n) is 5.21. The lowest BCUT2D eigenvalue weighted by atomic mass is 10.2. The lowest BCUT2D eigenvalue weighted by Gasteiger charge is -2.22. The first-order valence-corrected chi connectivity index (χ1v) is 6.82. The molecule has 6 nitrogen and oxygen atoms in total. The zero-order valence-corrected chi connectivity index (χ0v) is 10.7. The molecule has 0 aliphatic carbocycles. The lowest BCUT2D eigenvalue weighted by molar-refractivity contribution is 0.112. The van der Waals surface area contributed by atoms with Crippen LogP contribution in [0.4, 0.5) is 5.69 Å². The van der Waals surface area contributed by atoms with E-state index < -0.39 is 22.0 Å². The number of rotatable bonds is 6. The molecule has 1 unspecified atom stereocenters.